The fourth-order valence-electron chi connectivity index (χ4n) is 3.27. The first-order valence-electron chi connectivity index (χ1n) is 5.24. The summed E-state index contributed by atoms with van der Waals surface area (Å²) in [5.41, 5.74) is 2.70. The molecule has 2 aliphatic carbocycles. The van der Waals surface area contributed by atoms with Crippen LogP contribution in [0.5, 0.6) is 0 Å². The molecule has 0 amide bonds. The quantitative estimate of drug-likeness (QED) is 0.608. The van der Waals surface area contributed by atoms with E-state index in [2.05, 4.69) is 38.1 Å². The Hall–Kier alpha value is -1.11. The lowest BCUT2D eigenvalue weighted by Crippen LogP contribution is -2.50. The summed E-state index contributed by atoms with van der Waals surface area (Å²) < 4.78 is 0. The molecule has 72 valence electrons. The Bertz CT molecular complexity index is 417. The molecule has 0 saturated heterocycles. The molecule has 14 heavy (non-hydrogen) atoms. The van der Waals surface area contributed by atoms with Gasteiger partial charge in [0.25, 0.3) is 0 Å². The van der Waals surface area contributed by atoms with Gasteiger partial charge in [-0.05, 0) is 17.5 Å². The first kappa shape index (κ1) is 8.22. The zero-order chi connectivity index (χ0) is 9.92. The number of fused-ring (bicyclic) bond motifs is 3. The Morgan fingerprint density at radius 3 is 2.79 bits per heavy atom. The van der Waals surface area contributed by atoms with Crippen molar-refractivity contribution in [3.8, 4) is 0 Å². The molecule has 1 aromatic carbocycles. The second kappa shape index (κ2) is 2.28. The van der Waals surface area contributed by atoms with Crippen LogP contribution >= 0.6 is 0 Å². The molecule has 0 spiro atoms. The van der Waals surface area contributed by atoms with Crippen LogP contribution in [0.3, 0.4) is 0 Å². The molecule has 0 aliphatic heterocycles. The third-order valence-electron chi connectivity index (χ3n) is 3.98. The maximum Gasteiger partial charge on any atom is 0.143 e. The number of benzene rings is 1. The normalized spacial score (nSPS) is 32.0. The topological polar surface area (TPSA) is 17.1 Å². The van der Waals surface area contributed by atoms with Gasteiger partial charge in [0.05, 0.1) is 0 Å². The Balaban J connectivity index is 2.13. The molecule has 1 saturated carbocycles. The summed E-state index contributed by atoms with van der Waals surface area (Å²) in [6.07, 6.45) is 0.975. The molecule has 2 aliphatic rings. The van der Waals surface area contributed by atoms with Crippen molar-refractivity contribution < 1.29 is 4.79 Å². The van der Waals surface area contributed by atoms with Gasteiger partial charge in [0.2, 0.25) is 0 Å². The molecule has 1 fully saturated rings. The van der Waals surface area contributed by atoms with Crippen molar-refractivity contribution in [3.05, 3.63) is 35.4 Å². The number of carbonyl (C=O) groups is 1. The van der Waals surface area contributed by atoms with E-state index in [1.54, 1.807) is 0 Å². The van der Waals surface area contributed by atoms with Crippen LogP contribution in [0.15, 0.2) is 24.3 Å². The largest absolute Gasteiger partial charge is 0.299 e. The summed E-state index contributed by atoms with van der Waals surface area (Å²) in [6.45, 7) is 4.16. The molecular weight excluding hydrogens is 172 g/mol. The molecule has 0 bridgehead atoms. The lowest BCUT2D eigenvalue weighted by Gasteiger charge is -2.46. The summed E-state index contributed by atoms with van der Waals surface area (Å²) in [4.78, 5) is 11.8. The summed E-state index contributed by atoms with van der Waals surface area (Å²) in [6, 6.07) is 8.51. The molecule has 1 nitrogen and oxygen atoms in total. The van der Waals surface area contributed by atoms with Crippen LogP contribution < -0.4 is 0 Å². The van der Waals surface area contributed by atoms with Crippen molar-refractivity contribution in [3.63, 3.8) is 0 Å². The fourth-order valence-corrected chi connectivity index (χ4v) is 3.27. The second-order valence-electron chi connectivity index (χ2n) is 5.07. The van der Waals surface area contributed by atoms with E-state index in [1.807, 2.05) is 0 Å². The van der Waals surface area contributed by atoms with Crippen LogP contribution in [0.2, 0.25) is 0 Å². The van der Waals surface area contributed by atoms with E-state index in [0.717, 1.165) is 6.42 Å². The number of Topliss-reactive ketones (excluding diaryl/α,β-unsaturated/α-hetero) is 1. The minimum Gasteiger partial charge on any atom is -0.299 e. The molecule has 0 N–H and O–H groups in total. The highest BCUT2D eigenvalue weighted by Crippen LogP contribution is 2.59. The lowest BCUT2D eigenvalue weighted by molar-refractivity contribution is -0.145. The smallest absolute Gasteiger partial charge is 0.143 e. The van der Waals surface area contributed by atoms with Crippen molar-refractivity contribution in [2.45, 2.75) is 26.2 Å². The van der Waals surface area contributed by atoms with E-state index in [9.17, 15) is 4.79 Å². The van der Waals surface area contributed by atoms with Gasteiger partial charge < -0.3 is 0 Å². The van der Waals surface area contributed by atoms with E-state index >= 15 is 0 Å². The van der Waals surface area contributed by atoms with Gasteiger partial charge in [-0.3, -0.25) is 4.79 Å². The van der Waals surface area contributed by atoms with Crippen molar-refractivity contribution in [2.24, 2.45) is 11.3 Å². The molecule has 0 radical (unpaired) electrons. The van der Waals surface area contributed by atoms with Crippen molar-refractivity contribution >= 4 is 5.78 Å². The minimum atomic E-state index is -0.114. The predicted molar refractivity (Wildman–Crippen MR) is 55.2 cm³/mol. The predicted octanol–water partition coefficient (Wildman–Crippen LogP) is 2.55. The first-order valence-corrected chi connectivity index (χ1v) is 5.24. The van der Waals surface area contributed by atoms with Crippen LogP contribution in [0.25, 0.3) is 0 Å². The van der Waals surface area contributed by atoms with Gasteiger partial charge in [-0.2, -0.15) is 0 Å². The monoisotopic (exact) mass is 186 g/mol. The minimum absolute atomic E-state index is 0.114. The van der Waals surface area contributed by atoms with Gasteiger partial charge in [-0.15, -0.1) is 0 Å². The van der Waals surface area contributed by atoms with Gasteiger partial charge in [0.1, 0.15) is 5.78 Å². The highest BCUT2D eigenvalue weighted by molar-refractivity contribution is 5.96. The highest BCUT2D eigenvalue weighted by atomic mass is 16.1. The second-order valence-corrected chi connectivity index (χ2v) is 5.07. The zero-order valence-corrected chi connectivity index (χ0v) is 8.58. The molecule has 0 heterocycles. The van der Waals surface area contributed by atoms with Gasteiger partial charge in [0, 0.05) is 17.3 Å². The SMILES string of the molecule is CC1(C)C(=O)[C@@H]2Cc3ccccc3[C@@H]21. The zero-order valence-electron chi connectivity index (χ0n) is 8.58. The Morgan fingerprint density at radius 1 is 1.29 bits per heavy atom. The third kappa shape index (κ3) is 0.742. The average Bonchev–Trinajstić information content (AvgIpc) is 2.54. The molecular formula is C13H14O. The Morgan fingerprint density at radius 2 is 2.00 bits per heavy atom. The first-order chi connectivity index (χ1) is 6.62. The van der Waals surface area contributed by atoms with Crippen LogP contribution in [0.4, 0.5) is 0 Å². The molecule has 1 heteroatoms. The van der Waals surface area contributed by atoms with Crippen LogP contribution in [0.1, 0.15) is 30.9 Å². The maximum absolute atomic E-state index is 11.8. The van der Waals surface area contributed by atoms with E-state index in [1.165, 1.54) is 11.1 Å². The van der Waals surface area contributed by atoms with E-state index in [0.29, 0.717) is 17.6 Å². The highest BCUT2D eigenvalue weighted by Gasteiger charge is 2.59. The summed E-state index contributed by atoms with van der Waals surface area (Å²) in [5.74, 6) is 1.24. The van der Waals surface area contributed by atoms with Gasteiger partial charge in [-0.1, -0.05) is 38.1 Å². The molecule has 1 aromatic rings. The summed E-state index contributed by atoms with van der Waals surface area (Å²) in [7, 11) is 0. The lowest BCUT2D eigenvalue weighted by atomic mass is 9.55. The average molecular weight is 186 g/mol. The third-order valence-corrected chi connectivity index (χ3v) is 3.98. The van der Waals surface area contributed by atoms with Gasteiger partial charge in [0.15, 0.2) is 0 Å². The fraction of sp³-hybridized carbons (Fsp3) is 0.462. The molecule has 0 aromatic heterocycles. The van der Waals surface area contributed by atoms with Crippen LogP contribution in [-0.4, -0.2) is 5.78 Å². The van der Waals surface area contributed by atoms with E-state index in [-0.39, 0.29) is 5.41 Å². The van der Waals surface area contributed by atoms with Crippen LogP contribution in [-0.2, 0) is 11.2 Å². The number of ketones is 1. The van der Waals surface area contributed by atoms with Gasteiger partial charge >= 0.3 is 0 Å². The van der Waals surface area contributed by atoms with Crippen molar-refractivity contribution in [1.29, 1.82) is 0 Å². The van der Waals surface area contributed by atoms with Gasteiger partial charge in [-0.25, -0.2) is 0 Å². The van der Waals surface area contributed by atoms with E-state index < -0.39 is 0 Å². The number of rotatable bonds is 0. The molecule has 2 atom stereocenters. The summed E-state index contributed by atoms with van der Waals surface area (Å²) >= 11 is 0. The van der Waals surface area contributed by atoms with Crippen molar-refractivity contribution in [2.75, 3.05) is 0 Å². The number of hydrogen-bond donors (Lipinski definition) is 0. The Labute approximate surface area is 84.1 Å². The number of hydrogen-bond acceptors (Lipinski definition) is 1. The number of carbonyl (C=O) groups excluding carboxylic acids is 1. The molecule has 0 unspecified atom stereocenters. The molecule has 3 rings (SSSR count). The standard InChI is InChI=1S/C13H14O/c1-13(2)11-9-6-4-3-5-8(9)7-10(11)12(13)14/h3-6,10-11H,7H2,1-2H3/t10-,11+/m1/s1. The summed E-state index contributed by atoms with van der Waals surface area (Å²) in [5, 5.41) is 0. The maximum atomic E-state index is 11.8. The Kier molecular flexibility index (Phi) is 1.34. The van der Waals surface area contributed by atoms with Crippen molar-refractivity contribution in [1.82, 2.24) is 0 Å². The van der Waals surface area contributed by atoms with Crippen LogP contribution in [0, 0.1) is 11.3 Å². The van der Waals surface area contributed by atoms with E-state index in [4.69, 9.17) is 0 Å².